The van der Waals surface area contributed by atoms with Crippen molar-refractivity contribution in [2.45, 2.75) is 6.54 Å². The SMILES string of the molecule is N=c1sc2cc(Cl)ccc2n1CC(=O)N1CCN(N=Cc2ccccc2)CC1.c1ccc2ncccc2c1. The van der Waals surface area contributed by atoms with Gasteiger partial charge in [0.25, 0.3) is 0 Å². The third-order valence-corrected chi connectivity index (χ3v) is 7.44. The van der Waals surface area contributed by atoms with Crippen LogP contribution in [0, 0.1) is 5.41 Å². The van der Waals surface area contributed by atoms with Crippen LogP contribution in [0.15, 0.2) is 96.2 Å². The van der Waals surface area contributed by atoms with Crippen molar-refractivity contribution in [2.75, 3.05) is 26.2 Å². The van der Waals surface area contributed by atoms with Crippen molar-refractivity contribution in [1.29, 1.82) is 5.41 Å². The predicted octanol–water partition coefficient (Wildman–Crippen LogP) is 5.25. The molecule has 38 heavy (non-hydrogen) atoms. The summed E-state index contributed by atoms with van der Waals surface area (Å²) in [7, 11) is 0. The summed E-state index contributed by atoms with van der Waals surface area (Å²) in [6.45, 7) is 2.84. The first-order valence-corrected chi connectivity index (χ1v) is 13.5. The minimum atomic E-state index is 0.0276. The number of carbonyl (C=O) groups excluding carboxylic acids is 1. The predicted molar refractivity (Wildman–Crippen MR) is 155 cm³/mol. The number of amides is 1. The van der Waals surface area contributed by atoms with E-state index >= 15 is 0 Å². The van der Waals surface area contributed by atoms with Crippen LogP contribution in [0.5, 0.6) is 0 Å². The van der Waals surface area contributed by atoms with Gasteiger partial charge in [0, 0.05) is 29.7 Å². The number of halogens is 1. The fourth-order valence-electron chi connectivity index (χ4n) is 4.22. The number of rotatable bonds is 4. The number of hydrogen-bond donors (Lipinski definition) is 1. The Hall–Kier alpha value is -4.01. The lowest BCUT2D eigenvalue weighted by Gasteiger charge is -2.33. The van der Waals surface area contributed by atoms with E-state index in [9.17, 15) is 4.79 Å². The number of pyridine rings is 1. The molecule has 0 spiro atoms. The van der Waals surface area contributed by atoms with Crippen molar-refractivity contribution >= 4 is 56.2 Å². The number of para-hydroxylation sites is 1. The fourth-order valence-corrected chi connectivity index (χ4v) is 5.40. The highest BCUT2D eigenvalue weighted by molar-refractivity contribution is 7.16. The van der Waals surface area contributed by atoms with Gasteiger partial charge in [-0.25, -0.2) is 0 Å². The Bertz CT molecular complexity index is 1560. The van der Waals surface area contributed by atoms with Gasteiger partial charge in [0.05, 0.1) is 35.0 Å². The molecule has 6 rings (SSSR count). The Morgan fingerprint density at radius 2 is 1.71 bits per heavy atom. The van der Waals surface area contributed by atoms with Crippen LogP contribution in [0.3, 0.4) is 0 Å². The topological polar surface area (TPSA) is 77.6 Å². The van der Waals surface area contributed by atoms with Gasteiger partial charge in [-0.15, -0.1) is 0 Å². The van der Waals surface area contributed by atoms with Crippen LogP contribution in [0.4, 0.5) is 0 Å². The molecule has 1 aliphatic heterocycles. The second-order valence-electron chi connectivity index (χ2n) is 8.79. The summed E-state index contributed by atoms with van der Waals surface area (Å²) in [6.07, 6.45) is 3.66. The number of thiazole rings is 1. The molecular weight excluding hydrogens is 516 g/mol. The third-order valence-electron chi connectivity index (χ3n) is 6.25. The lowest BCUT2D eigenvalue weighted by atomic mass is 10.2. The minimum absolute atomic E-state index is 0.0276. The Morgan fingerprint density at radius 1 is 0.974 bits per heavy atom. The molecule has 0 unspecified atom stereocenters. The number of fused-ring (bicyclic) bond motifs is 2. The van der Waals surface area contributed by atoms with Crippen LogP contribution >= 0.6 is 22.9 Å². The van der Waals surface area contributed by atoms with Crippen molar-refractivity contribution in [3.8, 4) is 0 Å². The zero-order valence-electron chi connectivity index (χ0n) is 20.7. The molecule has 0 radical (unpaired) electrons. The van der Waals surface area contributed by atoms with E-state index < -0.39 is 0 Å². The third kappa shape index (κ3) is 6.27. The van der Waals surface area contributed by atoms with Gasteiger partial charge in [-0.05, 0) is 35.9 Å². The zero-order chi connectivity index (χ0) is 26.3. The first kappa shape index (κ1) is 25.6. The Labute approximate surface area is 229 Å². The summed E-state index contributed by atoms with van der Waals surface area (Å²) >= 11 is 7.36. The highest BCUT2D eigenvalue weighted by Crippen LogP contribution is 2.22. The molecule has 1 aliphatic rings. The van der Waals surface area contributed by atoms with Crippen LogP contribution in [-0.2, 0) is 11.3 Å². The van der Waals surface area contributed by atoms with E-state index in [0.29, 0.717) is 36.0 Å². The standard InChI is InChI=1S/C20H20ClN5OS.C9H7N/c21-16-6-7-17-18(12-16)28-20(22)26(17)14-19(27)24-8-10-25(11-9-24)23-13-15-4-2-1-3-5-15;1-2-6-9-8(4-1)5-3-7-10-9/h1-7,12-13,22H,8-11,14H2;1-7H. The molecule has 3 aromatic carbocycles. The van der Waals surface area contributed by atoms with Gasteiger partial charge in [-0.3, -0.25) is 20.2 Å². The number of nitrogens with one attached hydrogen (secondary N) is 1. The van der Waals surface area contributed by atoms with E-state index in [4.69, 9.17) is 17.0 Å². The van der Waals surface area contributed by atoms with Crippen molar-refractivity contribution in [3.63, 3.8) is 0 Å². The average molecular weight is 543 g/mol. The Morgan fingerprint density at radius 3 is 2.50 bits per heavy atom. The van der Waals surface area contributed by atoms with Crippen LogP contribution in [0.25, 0.3) is 21.1 Å². The second kappa shape index (κ2) is 12.0. The Balaban J connectivity index is 0.000000244. The highest BCUT2D eigenvalue weighted by Gasteiger charge is 2.21. The zero-order valence-corrected chi connectivity index (χ0v) is 22.3. The number of piperazine rings is 1. The summed E-state index contributed by atoms with van der Waals surface area (Å²) in [5.74, 6) is 0.0276. The lowest BCUT2D eigenvalue weighted by Crippen LogP contribution is -2.48. The van der Waals surface area contributed by atoms with Crippen LogP contribution < -0.4 is 4.80 Å². The molecule has 3 heterocycles. The molecule has 5 aromatic rings. The number of carbonyl (C=O) groups is 1. The smallest absolute Gasteiger partial charge is 0.242 e. The maximum absolute atomic E-state index is 12.8. The normalized spacial score (nSPS) is 13.6. The van der Waals surface area contributed by atoms with Gasteiger partial charge in [-0.2, -0.15) is 5.10 Å². The van der Waals surface area contributed by atoms with Crippen LogP contribution in [0.1, 0.15) is 5.56 Å². The summed E-state index contributed by atoms with van der Waals surface area (Å²) in [5.41, 5.74) is 2.99. The monoisotopic (exact) mass is 542 g/mol. The van der Waals surface area contributed by atoms with Crippen molar-refractivity contribution in [3.05, 3.63) is 107 Å². The molecule has 1 N–H and O–H groups in total. The van der Waals surface area contributed by atoms with E-state index in [1.807, 2.05) is 89.1 Å². The fraction of sp³-hybridized carbons (Fsp3) is 0.172. The molecule has 9 heteroatoms. The first-order valence-electron chi connectivity index (χ1n) is 12.3. The van der Waals surface area contributed by atoms with E-state index in [1.54, 1.807) is 10.6 Å². The molecule has 1 amide bonds. The molecular formula is C29H27ClN6OS. The summed E-state index contributed by atoms with van der Waals surface area (Å²) in [6, 6.07) is 27.6. The van der Waals surface area contributed by atoms with Crippen molar-refractivity contribution < 1.29 is 4.79 Å². The van der Waals surface area contributed by atoms with Gasteiger partial charge in [-0.1, -0.05) is 77.5 Å². The number of hydrazone groups is 1. The molecule has 1 fully saturated rings. The summed E-state index contributed by atoms with van der Waals surface area (Å²) < 4.78 is 2.67. The van der Waals surface area contributed by atoms with E-state index in [2.05, 4.69) is 22.2 Å². The van der Waals surface area contributed by atoms with E-state index in [1.165, 1.54) is 16.7 Å². The van der Waals surface area contributed by atoms with Crippen LogP contribution in [-0.4, -0.2) is 57.8 Å². The number of aromatic nitrogens is 2. The van der Waals surface area contributed by atoms with Crippen LogP contribution in [0.2, 0.25) is 5.02 Å². The van der Waals surface area contributed by atoms with Gasteiger partial charge >= 0.3 is 0 Å². The molecule has 0 bridgehead atoms. The number of hydrogen-bond acceptors (Lipinski definition) is 6. The molecule has 2 aromatic heterocycles. The highest BCUT2D eigenvalue weighted by atomic mass is 35.5. The van der Waals surface area contributed by atoms with Gasteiger partial charge in [0.2, 0.25) is 5.91 Å². The molecule has 0 saturated carbocycles. The number of benzene rings is 3. The molecule has 0 atom stereocenters. The van der Waals surface area contributed by atoms with E-state index in [0.717, 1.165) is 21.3 Å². The maximum Gasteiger partial charge on any atom is 0.242 e. The summed E-state index contributed by atoms with van der Waals surface area (Å²) in [5, 5.41) is 16.5. The molecule has 7 nitrogen and oxygen atoms in total. The molecule has 0 aliphatic carbocycles. The van der Waals surface area contributed by atoms with Gasteiger partial charge < -0.3 is 9.47 Å². The average Bonchev–Trinajstić information content (AvgIpc) is 3.26. The van der Waals surface area contributed by atoms with Gasteiger partial charge in [0.1, 0.15) is 6.54 Å². The quantitative estimate of drug-likeness (QED) is 0.315. The maximum atomic E-state index is 12.8. The van der Waals surface area contributed by atoms with E-state index in [-0.39, 0.29) is 12.5 Å². The number of nitrogens with zero attached hydrogens (tertiary/aromatic N) is 5. The molecule has 1 saturated heterocycles. The summed E-state index contributed by atoms with van der Waals surface area (Å²) in [4.78, 5) is 19.1. The minimum Gasteiger partial charge on any atom is -0.337 e. The second-order valence-corrected chi connectivity index (χ2v) is 10.3. The lowest BCUT2D eigenvalue weighted by molar-refractivity contribution is -0.133. The molecule has 192 valence electrons. The van der Waals surface area contributed by atoms with Crippen molar-refractivity contribution in [1.82, 2.24) is 19.5 Å². The van der Waals surface area contributed by atoms with Crippen molar-refractivity contribution in [2.24, 2.45) is 5.10 Å². The van der Waals surface area contributed by atoms with Gasteiger partial charge in [0.15, 0.2) is 4.80 Å². The largest absolute Gasteiger partial charge is 0.337 e. The Kier molecular flexibility index (Phi) is 8.11. The first-order chi connectivity index (χ1) is 18.6.